The molecule has 93 heavy (non-hydrogen) atoms. The van der Waals surface area contributed by atoms with E-state index in [1.54, 1.807) is 0 Å². The van der Waals surface area contributed by atoms with Crippen molar-refractivity contribution in [1.29, 1.82) is 0 Å². The van der Waals surface area contributed by atoms with Crippen LogP contribution in [0.15, 0.2) is 0 Å². The minimum atomic E-state index is -4.95. The average Bonchev–Trinajstić information content (AvgIpc) is 1.98. The molecule has 552 valence electrons. The number of aliphatic hydroxyl groups is 1. The van der Waals surface area contributed by atoms with Gasteiger partial charge in [0.1, 0.15) is 19.3 Å². The minimum absolute atomic E-state index is 0.107. The second-order valence-corrected chi connectivity index (χ2v) is 29.8. The van der Waals surface area contributed by atoms with Crippen LogP contribution in [-0.4, -0.2) is 96.7 Å². The lowest BCUT2D eigenvalue weighted by atomic mass is 10.00. The molecule has 0 aliphatic heterocycles. The monoisotopic (exact) mass is 1370 g/mol. The fourth-order valence-electron chi connectivity index (χ4n) is 11.3. The summed E-state index contributed by atoms with van der Waals surface area (Å²) in [5, 5.41) is 10.6. The number of phosphoric acid groups is 2. The lowest BCUT2D eigenvalue weighted by Crippen LogP contribution is -2.30. The smallest absolute Gasteiger partial charge is 0.462 e. The van der Waals surface area contributed by atoms with Crippen LogP contribution in [0.3, 0.4) is 0 Å². The molecule has 6 atom stereocenters. The van der Waals surface area contributed by atoms with Crippen molar-refractivity contribution in [3.05, 3.63) is 0 Å². The molecular weight excluding hydrogens is 1220 g/mol. The van der Waals surface area contributed by atoms with Crippen molar-refractivity contribution in [2.75, 3.05) is 39.6 Å². The van der Waals surface area contributed by atoms with Gasteiger partial charge in [-0.1, -0.05) is 336 Å². The van der Waals surface area contributed by atoms with Gasteiger partial charge in [0.05, 0.1) is 26.4 Å². The van der Waals surface area contributed by atoms with E-state index >= 15 is 0 Å². The maximum absolute atomic E-state index is 13.1. The van der Waals surface area contributed by atoms with Crippen molar-refractivity contribution in [3.8, 4) is 0 Å². The van der Waals surface area contributed by atoms with Crippen LogP contribution in [0.1, 0.15) is 388 Å². The summed E-state index contributed by atoms with van der Waals surface area (Å²) in [5.74, 6) is -1.38. The highest BCUT2D eigenvalue weighted by Crippen LogP contribution is 2.45. The predicted octanol–water partition coefficient (Wildman–Crippen LogP) is 21.7. The van der Waals surface area contributed by atoms with E-state index in [9.17, 15) is 43.2 Å². The van der Waals surface area contributed by atoms with Crippen LogP contribution in [0.4, 0.5) is 0 Å². The first-order valence-electron chi connectivity index (χ1n) is 38.7. The standard InChI is InChI=1S/C74H144O17P2/c1-6-10-13-16-19-22-25-28-30-33-35-38-41-47-52-57-71(76)84-63-69(90-73(78)60-55-50-43-40-37-34-31-29-26-23-20-17-14-11-7-2)65-88-92(80,81)86-61-68(75)62-87-93(82,83)89-66-70(64-85-72(77)58-53-48-45-44-46-51-56-67(5)9-4)91-74(79)59-54-49-42-39-36-32-27-24-21-18-15-12-8-3/h67-70,75H,6-66H2,1-5H3,(H,80,81)(H,82,83)/t67?,68-,69-,70-/m1/s1. The third-order valence-electron chi connectivity index (χ3n) is 17.6. The molecule has 0 fully saturated rings. The van der Waals surface area contributed by atoms with Crippen molar-refractivity contribution >= 4 is 39.5 Å². The van der Waals surface area contributed by atoms with Gasteiger partial charge in [-0.2, -0.15) is 0 Å². The summed E-state index contributed by atoms with van der Waals surface area (Å²) in [6.45, 7) is 7.25. The van der Waals surface area contributed by atoms with Crippen LogP contribution in [-0.2, 0) is 65.4 Å². The number of esters is 4. The van der Waals surface area contributed by atoms with Gasteiger partial charge in [-0.15, -0.1) is 0 Å². The SMILES string of the molecule is CCCCCCCCCCCCCCCCCC(=O)OC[C@H](COP(=O)(O)OC[C@@H](O)COP(=O)(O)OC[C@@H](COC(=O)CCCCCCCCC(C)CC)OC(=O)CCCCCCCCCCCCCCC)OC(=O)CCCCCCCCCCCCCCCCC. The van der Waals surface area contributed by atoms with Gasteiger partial charge < -0.3 is 33.8 Å². The number of rotatable bonds is 74. The molecule has 0 saturated carbocycles. The van der Waals surface area contributed by atoms with E-state index in [1.165, 1.54) is 205 Å². The quantitative estimate of drug-likeness (QED) is 0.0222. The topological polar surface area (TPSA) is 237 Å². The van der Waals surface area contributed by atoms with Crippen molar-refractivity contribution in [1.82, 2.24) is 0 Å². The summed E-state index contributed by atoms with van der Waals surface area (Å²) in [6, 6.07) is 0. The summed E-state index contributed by atoms with van der Waals surface area (Å²) in [5.41, 5.74) is 0. The van der Waals surface area contributed by atoms with Gasteiger partial charge in [-0.3, -0.25) is 37.3 Å². The third-order valence-corrected chi connectivity index (χ3v) is 19.5. The first-order chi connectivity index (χ1) is 45.1. The molecule has 3 N–H and O–H groups in total. The molecule has 17 nitrogen and oxygen atoms in total. The Labute approximate surface area is 568 Å². The molecule has 0 radical (unpaired) electrons. The molecule has 0 spiro atoms. The van der Waals surface area contributed by atoms with Gasteiger partial charge >= 0.3 is 39.5 Å². The second-order valence-electron chi connectivity index (χ2n) is 26.9. The minimum Gasteiger partial charge on any atom is -0.462 e. The summed E-state index contributed by atoms with van der Waals surface area (Å²) in [6.07, 6.45) is 55.3. The Morgan fingerprint density at radius 1 is 0.301 bits per heavy atom. The average molecular weight is 1370 g/mol. The Bertz CT molecular complexity index is 1790. The Morgan fingerprint density at radius 2 is 0.516 bits per heavy atom. The highest BCUT2D eigenvalue weighted by atomic mass is 31.2. The Morgan fingerprint density at radius 3 is 0.763 bits per heavy atom. The zero-order valence-corrected chi connectivity index (χ0v) is 62.2. The summed E-state index contributed by atoms with van der Waals surface area (Å²) in [7, 11) is -9.91. The maximum Gasteiger partial charge on any atom is 0.472 e. The summed E-state index contributed by atoms with van der Waals surface area (Å²) < 4.78 is 68.5. The molecule has 3 unspecified atom stereocenters. The molecule has 19 heteroatoms. The van der Waals surface area contributed by atoms with E-state index in [0.717, 1.165) is 102 Å². The van der Waals surface area contributed by atoms with Crippen molar-refractivity contribution < 1.29 is 80.2 Å². The van der Waals surface area contributed by atoms with Crippen LogP contribution in [0, 0.1) is 5.92 Å². The molecule has 0 aliphatic carbocycles. The fourth-order valence-corrected chi connectivity index (χ4v) is 12.9. The highest BCUT2D eigenvalue weighted by Gasteiger charge is 2.30. The number of hydrogen-bond donors (Lipinski definition) is 3. The lowest BCUT2D eigenvalue weighted by Gasteiger charge is -2.21. The molecule has 0 bridgehead atoms. The number of ether oxygens (including phenoxy) is 4. The van der Waals surface area contributed by atoms with E-state index in [0.29, 0.717) is 25.7 Å². The number of carbonyl (C=O) groups excluding carboxylic acids is 4. The number of phosphoric ester groups is 2. The molecule has 0 aliphatic rings. The van der Waals surface area contributed by atoms with Gasteiger partial charge in [0.2, 0.25) is 0 Å². The first-order valence-corrected chi connectivity index (χ1v) is 41.7. The van der Waals surface area contributed by atoms with Crippen molar-refractivity contribution in [3.63, 3.8) is 0 Å². The van der Waals surface area contributed by atoms with Crippen LogP contribution in [0.2, 0.25) is 0 Å². The van der Waals surface area contributed by atoms with Crippen LogP contribution < -0.4 is 0 Å². The molecule has 0 rings (SSSR count). The Balaban J connectivity index is 5.25. The normalized spacial score (nSPS) is 14.3. The highest BCUT2D eigenvalue weighted by molar-refractivity contribution is 7.47. The molecule has 0 aromatic carbocycles. The molecule has 0 saturated heterocycles. The van der Waals surface area contributed by atoms with Gasteiger partial charge in [0, 0.05) is 25.7 Å². The van der Waals surface area contributed by atoms with E-state index in [-0.39, 0.29) is 25.7 Å². The van der Waals surface area contributed by atoms with Crippen molar-refractivity contribution in [2.45, 2.75) is 406 Å². The zero-order chi connectivity index (χ0) is 68.4. The fraction of sp³-hybridized carbons (Fsp3) is 0.946. The Kier molecular flexibility index (Phi) is 65.9. The molecule has 0 heterocycles. The van der Waals surface area contributed by atoms with E-state index in [1.807, 2.05) is 0 Å². The van der Waals surface area contributed by atoms with Gasteiger partial charge in [-0.25, -0.2) is 9.13 Å². The van der Waals surface area contributed by atoms with Gasteiger partial charge in [0.15, 0.2) is 12.2 Å². The number of aliphatic hydroxyl groups excluding tert-OH is 1. The van der Waals surface area contributed by atoms with E-state index in [2.05, 4.69) is 34.6 Å². The van der Waals surface area contributed by atoms with Crippen LogP contribution >= 0.6 is 15.6 Å². The van der Waals surface area contributed by atoms with Gasteiger partial charge in [-0.05, 0) is 31.6 Å². The predicted molar refractivity (Wildman–Crippen MR) is 377 cm³/mol. The zero-order valence-electron chi connectivity index (χ0n) is 60.4. The summed E-state index contributed by atoms with van der Waals surface area (Å²) >= 11 is 0. The van der Waals surface area contributed by atoms with Gasteiger partial charge in [0.25, 0.3) is 0 Å². The third kappa shape index (κ3) is 67.0. The lowest BCUT2D eigenvalue weighted by molar-refractivity contribution is -0.161. The maximum atomic E-state index is 13.1. The van der Waals surface area contributed by atoms with Crippen LogP contribution in [0.5, 0.6) is 0 Å². The number of unbranched alkanes of at least 4 members (excludes halogenated alkanes) is 45. The molecule has 0 amide bonds. The largest absolute Gasteiger partial charge is 0.472 e. The van der Waals surface area contributed by atoms with E-state index in [4.69, 9.17) is 37.0 Å². The first kappa shape index (κ1) is 91.1. The van der Waals surface area contributed by atoms with E-state index < -0.39 is 97.5 Å². The molecular formula is C74H144O17P2. The second kappa shape index (κ2) is 67.3. The molecule has 0 aromatic rings. The number of carbonyl (C=O) groups is 4. The molecule has 0 aromatic heterocycles. The number of hydrogen-bond acceptors (Lipinski definition) is 15. The Hall–Kier alpha value is -1.94. The summed E-state index contributed by atoms with van der Waals surface area (Å²) in [4.78, 5) is 72.7. The van der Waals surface area contributed by atoms with Crippen molar-refractivity contribution in [2.24, 2.45) is 5.92 Å². The van der Waals surface area contributed by atoms with Crippen LogP contribution in [0.25, 0.3) is 0 Å².